The van der Waals surface area contributed by atoms with Crippen LogP contribution in [0.15, 0.2) is 168 Å². The van der Waals surface area contributed by atoms with Crippen LogP contribution in [-0.4, -0.2) is 77.3 Å². The van der Waals surface area contributed by atoms with Gasteiger partial charge in [0.2, 0.25) is 11.2 Å². The molecule has 78 heavy (non-hydrogen) atoms. The lowest BCUT2D eigenvalue weighted by Gasteiger charge is -2.27. The lowest BCUT2D eigenvalue weighted by Crippen LogP contribution is -2.43. The first-order chi connectivity index (χ1) is 37.8. The van der Waals surface area contributed by atoms with Crippen molar-refractivity contribution in [2.24, 2.45) is 0 Å². The minimum absolute atomic E-state index is 0.142. The van der Waals surface area contributed by atoms with Crippen molar-refractivity contribution in [1.29, 1.82) is 0 Å². The molecule has 0 saturated heterocycles. The molecule has 0 bridgehead atoms. The first-order valence-electron chi connectivity index (χ1n) is 25.4. The number of amides is 2. The first kappa shape index (κ1) is 52.6. The van der Waals surface area contributed by atoms with Gasteiger partial charge in [0.05, 0.1) is 88.4 Å². The van der Waals surface area contributed by atoms with Gasteiger partial charge in [0, 0.05) is 11.1 Å². The third kappa shape index (κ3) is 9.05. The van der Waals surface area contributed by atoms with Crippen molar-refractivity contribution in [3.05, 3.63) is 212 Å². The van der Waals surface area contributed by atoms with E-state index in [0.29, 0.717) is 71.2 Å². The number of esters is 4. The number of para-hydroxylation sites is 2. The van der Waals surface area contributed by atoms with Crippen molar-refractivity contribution in [3.8, 4) is 11.5 Å². The van der Waals surface area contributed by atoms with E-state index >= 15 is 0 Å². The molecule has 0 radical (unpaired) electrons. The third-order valence-electron chi connectivity index (χ3n) is 14.6. The van der Waals surface area contributed by atoms with Gasteiger partial charge >= 0.3 is 23.9 Å². The average Bonchev–Trinajstić information content (AvgIpc) is 3.80. The van der Waals surface area contributed by atoms with Gasteiger partial charge in [0.15, 0.2) is 0 Å². The number of benzene rings is 6. The smallest absolute Gasteiger partial charge is 0.338 e. The van der Waals surface area contributed by atoms with E-state index in [2.05, 4.69) is 0 Å². The van der Waals surface area contributed by atoms with Crippen molar-refractivity contribution in [2.45, 2.75) is 63.2 Å². The fraction of sp³-hybridized carbons (Fsp3) is 0.258. The molecule has 16 heteroatoms. The van der Waals surface area contributed by atoms with Crippen molar-refractivity contribution < 1.29 is 66.7 Å². The quantitative estimate of drug-likeness (QED) is 0.0480. The molecule has 4 aliphatic heterocycles. The van der Waals surface area contributed by atoms with Gasteiger partial charge in [-0.3, -0.25) is 9.59 Å². The molecule has 0 saturated carbocycles. The summed E-state index contributed by atoms with van der Waals surface area (Å²) in [7, 11) is 4.77. The molecule has 0 unspecified atom stereocenters. The molecule has 10 rings (SSSR count). The highest BCUT2D eigenvalue weighted by Crippen LogP contribution is 2.59. The number of anilines is 2. The summed E-state index contributed by atoms with van der Waals surface area (Å²) >= 11 is 0. The zero-order chi connectivity index (χ0) is 54.9. The number of unbranched alkanes of at least 4 members (excludes halogenated alkanes) is 1. The summed E-state index contributed by atoms with van der Waals surface area (Å²) in [6, 6.07) is 43.3. The minimum Gasteiger partial charge on any atom is -0.494 e. The van der Waals surface area contributed by atoms with Crippen LogP contribution in [0.3, 0.4) is 0 Å². The van der Waals surface area contributed by atoms with Gasteiger partial charge in [-0.2, -0.15) is 0 Å². The summed E-state index contributed by atoms with van der Waals surface area (Å²) in [6.45, 7) is 5.00. The van der Waals surface area contributed by atoms with Crippen LogP contribution in [0.25, 0.3) is 0 Å². The Morgan fingerprint density at radius 2 is 0.808 bits per heavy atom. The Kier molecular flexibility index (Phi) is 14.6. The molecule has 398 valence electrons. The first-order valence-corrected chi connectivity index (χ1v) is 25.4. The van der Waals surface area contributed by atoms with Crippen LogP contribution in [0.5, 0.6) is 11.5 Å². The maximum absolute atomic E-state index is 14.9. The maximum Gasteiger partial charge on any atom is 0.338 e. The normalized spacial score (nSPS) is 20.1. The second kappa shape index (κ2) is 21.6. The number of rotatable bonds is 17. The van der Waals surface area contributed by atoms with Gasteiger partial charge in [-0.15, -0.1) is 0 Å². The summed E-state index contributed by atoms with van der Waals surface area (Å²) in [4.78, 5) is 87.9. The summed E-state index contributed by atoms with van der Waals surface area (Å²) < 4.78 is 46.6. The van der Waals surface area contributed by atoms with E-state index in [9.17, 15) is 28.8 Å². The van der Waals surface area contributed by atoms with E-state index in [1.807, 2.05) is 62.4 Å². The van der Waals surface area contributed by atoms with Crippen LogP contribution in [0.4, 0.5) is 11.4 Å². The molecule has 4 aliphatic rings. The minimum atomic E-state index is -2.01. The Bertz CT molecular complexity index is 3180. The van der Waals surface area contributed by atoms with Gasteiger partial charge in [-0.05, 0) is 85.3 Å². The molecule has 0 fully saturated rings. The van der Waals surface area contributed by atoms with Crippen molar-refractivity contribution in [2.75, 3.05) is 51.5 Å². The van der Waals surface area contributed by atoms with E-state index in [1.165, 1.54) is 28.4 Å². The number of ether oxygens (including phenoxy) is 8. The molecule has 6 aromatic rings. The largest absolute Gasteiger partial charge is 0.494 e. The number of hydrogen-bond acceptors (Lipinski definition) is 14. The standard InChI is InChI=1S/C62H56N2O14/c1-37-17-21-39(22-18-37)35-63-47-15-9-7-13-45(47)61(59(63)69)51(57(67)73-5)49(55(65)71-3)53(77-61)41-25-29-43(30-26-41)75-33-11-12-34-76-44-31-27-42(28-32-44)54-50(56(66)72-4)52(58(68)74-6)62(78-54)46-14-8-10-16-48(46)64(60(62)70)36-40-23-19-38(2)20-24-40/h7-10,13-32,53-54H,11-12,33-36H2,1-6H3/t53-,54-,61+,62+/m0/s1. The van der Waals surface area contributed by atoms with Crippen LogP contribution in [0.1, 0.15) is 69.6 Å². The summed E-state index contributed by atoms with van der Waals surface area (Å²) in [5.74, 6) is -3.52. The van der Waals surface area contributed by atoms with Crippen LogP contribution in [0, 0.1) is 13.8 Å². The second-order valence-electron chi connectivity index (χ2n) is 19.2. The van der Waals surface area contributed by atoms with E-state index in [4.69, 9.17) is 37.9 Å². The maximum atomic E-state index is 14.9. The molecule has 16 nitrogen and oxygen atoms in total. The molecule has 2 spiro atoms. The summed E-state index contributed by atoms with van der Waals surface area (Å²) in [5.41, 5.74) is 1.88. The topological polar surface area (TPSA) is 183 Å². The monoisotopic (exact) mass is 1050 g/mol. The highest BCUT2D eigenvalue weighted by molar-refractivity contribution is 6.19. The number of nitrogens with zero attached hydrogens (tertiary/aromatic N) is 2. The summed E-state index contributed by atoms with van der Waals surface area (Å²) in [5, 5.41) is 0. The summed E-state index contributed by atoms with van der Waals surface area (Å²) in [6.07, 6.45) is -1.15. The number of aryl methyl sites for hydroxylation is 2. The molecule has 0 aliphatic carbocycles. The molecular weight excluding hydrogens is 997 g/mol. The second-order valence-corrected chi connectivity index (χ2v) is 19.2. The van der Waals surface area contributed by atoms with Gasteiger partial charge in [-0.1, -0.05) is 120 Å². The number of carbonyl (C=O) groups excluding carboxylic acids is 6. The van der Waals surface area contributed by atoms with Gasteiger partial charge < -0.3 is 47.7 Å². The number of hydrogen-bond donors (Lipinski definition) is 0. The predicted octanol–water partition coefficient (Wildman–Crippen LogP) is 8.85. The fourth-order valence-electron chi connectivity index (χ4n) is 10.7. The van der Waals surface area contributed by atoms with E-state index in [0.717, 1.165) is 22.3 Å². The molecule has 4 atom stereocenters. The third-order valence-corrected chi connectivity index (χ3v) is 14.6. The molecule has 2 amide bonds. The zero-order valence-electron chi connectivity index (χ0n) is 43.9. The van der Waals surface area contributed by atoms with E-state index < -0.39 is 59.1 Å². The van der Waals surface area contributed by atoms with Gasteiger partial charge in [0.1, 0.15) is 23.7 Å². The van der Waals surface area contributed by atoms with Crippen LogP contribution in [0.2, 0.25) is 0 Å². The van der Waals surface area contributed by atoms with Crippen LogP contribution >= 0.6 is 0 Å². The SMILES string of the molecule is COC(=O)C1=C(C(=O)OC)[C@@]2(O[C@H]1c1ccc(OCCCCOc3ccc([C@@H]4O[C@@]5(C(=O)N(Cc6ccc(C)cc6)c6ccccc65)C(C(=O)OC)=C4C(=O)OC)cc3)cc1)C(=O)N(Cc1ccc(C)cc1)c1ccccc12. The molecular formula is C62H56N2O14. The lowest BCUT2D eigenvalue weighted by molar-refractivity contribution is -0.148. The van der Waals surface area contributed by atoms with Crippen LogP contribution < -0.4 is 19.3 Å². The van der Waals surface area contributed by atoms with Crippen molar-refractivity contribution in [1.82, 2.24) is 0 Å². The molecule has 4 heterocycles. The number of methoxy groups -OCH3 is 4. The van der Waals surface area contributed by atoms with Gasteiger partial charge in [-0.25, -0.2) is 19.2 Å². The zero-order valence-corrected chi connectivity index (χ0v) is 43.9. The van der Waals surface area contributed by atoms with Gasteiger partial charge in [0.25, 0.3) is 11.8 Å². The fourth-order valence-corrected chi connectivity index (χ4v) is 10.7. The Hall–Kier alpha value is -8.86. The highest BCUT2D eigenvalue weighted by Gasteiger charge is 2.66. The average molecular weight is 1050 g/mol. The molecule has 0 aromatic heterocycles. The van der Waals surface area contributed by atoms with Crippen LogP contribution in [-0.2, 0) is 81.5 Å². The lowest BCUT2D eigenvalue weighted by atomic mass is 9.85. The Morgan fingerprint density at radius 3 is 1.15 bits per heavy atom. The Labute approximate surface area is 450 Å². The Morgan fingerprint density at radius 1 is 0.462 bits per heavy atom. The van der Waals surface area contributed by atoms with Crippen molar-refractivity contribution >= 4 is 47.1 Å². The van der Waals surface area contributed by atoms with E-state index in [-0.39, 0.29) is 35.4 Å². The number of fused-ring (bicyclic) bond motifs is 4. The van der Waals surface area contributed by atoms with E-state index in [1.54, 1.807) is 107 Å². The highest BCUT2D eigenvalue weighted by atomic mass is 16.6. The number of carbonyl (C=O) groups is 6. The Balaban J connectivity index is 0.800. The molecule has 6 aromatic carbocycles. The molecule has 0 N–H and O–H groups in total. The predicted molar refractivity (Wildman–Crippen MR) is 284 cm³/mol. The van der Waals surface area contributed by atoms with Crippen molar-refractivity contribution in [3.63, 3.8) is 0 Å².